The van der Waals surface area contributed by atoms with Gasteiger partial charge in [0, 0.05) is 31.4 Å². The van der Waals surface area contributed by atoms with Gasteiger partial charge in [0.15, 0.2) is 0 Å². The molecule has 2 atom stereocenters. The maximum Gasteiger partial charge on any atom is 0.321 e. The molecular formula is C13H20N4O4. The molecule has 0 amide bonds. The van der Waals surface area contributed by atoms with Gasteiger partial charge in [0.25, 0.3) is 0 Å². The van der Waals surface area contributed by atoms with E-state index in [2.05, 4.69) is 15.3 Å². The van der Waals surface area contributed by atoms with Gasteiger partial charge in [0.2, 0.25) is 0 Å². The molecule has 0 radical (unpaired) electrons. The number of hydrogen-bond donors (Lipinski definition) is 4. The summed E-state index contributed by atoms with van der Waals surface area (Å²) in [4.78, 5) is 30.9. The van der Waals surface area contributed by atoms with Crippen LogP contribution in [0, 0.1) is 0 Å². The van der Waals surface area contributed by atoms with Crippen molar-refractivity contribution < 1.29 is 19.8 Å². The molecular weight excluding hydrogens is 276 g/mol. The monoisotopic (exact) mass is 296 g/mol. The highest BCUT2D eigenvalue weighted by atomic mass is 16.4. The molecule has 1 aliphatic rings. The third-order valence-electron chi connectivity index (χ3n) is 3.72. The van der Waals surface area contributed by atoms with Crippen LogP contribution in [0.3, 0.4) is 0 Å². The minimum Gasteiger partial charge on any atom is -0.480 e. The molecule has 8 heteroatoms. The molecule has 0 bridgehead atoms. The number of aromatic nitrogens is 2. The lowest BCUT2D eigenvalue weighted by Gasteiger charge is -2.22. The lowest BCUT2D eigenvalue weighted by Crippen LogP contribution is -2.45. The molecule has 0 aromatic carbocycles. The summed E-state index contributed by atoms with van der Waals surface area (Å²) in [6.45, 7) is 1.72. The van der Waals surface area contributed by atoms with Crippen molar-refractivity contribution >= 4 is 11.9 Å². The van der Waals surface area contributed by atoms with Crippen molar-refractivity contribution in [3.63, 3.8) is 0 Å². The first-order valence-corrected chi connectivity index (χ1v) is 6.98. The van der Waals surface area contributed by atoms with Gasteiger partial charge in [-0.3, -0.25) is 14.5 Å². The largest absolute Gasteiger partial charge is 0.480 e. The first-order valence-electron chi connectivity index (χ1n) is 6.98. The van der Waals surface area contributed by atoms with Crippen LogP contribution in [0.1, 0.15) is 18.5 Å². The zero-order valence-electron chi connectivity index (χ0n) is 11.7. The van der Waals surface area contributed by atoms with Gasteiger partial charge in [-0.15, -0.1) is 0 Å². The molecule has 4 N–H and O–H groups in total. The molecule has 8 nitrogen and oxygen atoms in total. The third kappa shape index (κ3) is 4.27. The smallest absolute Gasteiger partial charge is 0.321 e. The number of aliphatic carboxylic acids is 2. The number of carboxylic acids is 2. The quantitative estimate of drug-likeness (QED) is 0.513. The van der Waals surface area contributed by atoms with Crippen LogP contribution in [0.5, 0.6) is 0 Å². The second-order valence-electron chi connectivity index (χ2n) is 5.16. The second-order valence-corrected chi connectivity index (χ2v) is 5.16. The van der Waals surface area contributed by atoms with E-state index in [-0.39, 0.29) is 0 Å². The van der Waals surface area contributed by atoms with E-state index < -0.39 is 24.0 Å². The Morgan fingerprint density at radius 3 is 2.95 bits per heavy atom. The molecule has 0 saturated carbocycles. The van der Waals surface area contributed by atoms with E-state index in [9.17, 15) is 14.7 Å². The summed E-state index contributed by atoms with van der Waals surface area (Å²) in [7, 11) is 0. The Morgan fingerprint density at radius 2 is 2.33 bits per heavy atom. The van der Waals surface area contributed by atoms with Crippen molar-refractivity contribution in [2.24, 2.45) is 0 Å². The Hall–Kier alpha value is -1.93. The van der Waals surface area contributed by atoms with Crippen LogP contribution in [0.2, 0.25) is 0 Å². The Bertz CT molecular complexity index is 477. The summed E-state index contributed by atoms with van der Waals surface area (Å²) in [5.74, 6) is -1.74. The topological polar surface area (TPSA) is 119 Å². The number of rotatable bonds is 8. The molecule has 2 heterocycles. The predicted molar refractivity (Wildman–Crippen MR) is 73.9 cm³/mol. The normalized spacial score (nSPS) is 20.5. The van der Waals surface area contributed by atoms with Crippen LogP contribution < -0.4 is 5.32 Å². The van der Waals surface area contributed by atoms with Gasteiger partial charge in [-0.05, 0) is 19.4 Å². The number of carbonyl (C=O) groups is 2. The molecule has 2 rings (SSSR count). The van der Waals surface area contributed by atoms with Gasteiger partial charge < -0.3 is 20.5 Å². The van der Waals surface area contributed by atoms with Crippen molar-refractivity contribution in [3.8, 4) is 0 Å². The average Bonchev–Trinajstić information content (AvgIpc) is 3.07. The first kappa shape index (κ1) is 15.5. The van der Waals surface area contributed by atoms with Crippen LogP contribution in [0.4, 0.5) is 0 Å². The summed E-state index contributed by atoms with van der Waals surface area (Å²) < 4.78 is 0. The maximum atomic E-state index is 11.2. The summed E-state index contributed by atoms with van der Waals surface area (Å²) in [6, 6.07) is -1.15. The van der Waals surface area contributed by atoms with Gasteiger partial charge in [-0.2, -0.15) is 0 Å². The Kier molecular flexibility index (Phi) is 5.29. The van der Waals surface area contributed by atoms with Gasteiger partial charge in [0.05, 0.1) is 6.33 Å². The molecule has 1 aromatic rings. The molecule has 0 spiro atoms. The fourth-order valence-electron chi connectivity index (χ4n) is 2.62. The number of H-pyrrole nitrogens is 1. The second kappa shape index (κ2) is 7.19. The number of nitrogens with zero attached hydrogens (tertiary/aromatic N) is 2. The number of likely N-dealkylation sites (tertiary alicyclic amines) is 1. The molecule has 116 valence electrons. The number of carboxylic acid groups (broad SMARTS) is 2. The number of imidazole rings is 1. The van der Waals surface area contributed by atoms with Crippen LogP contribution >= 0.6 is 0 Å². The van der Waals surface area contributed by atoms with E-state index >= 15 is 0 Å². The van der Waals surface area contributed by atoms with E-state index in [0.717, 1.165) is 18.7 Å². The zero-order valence-corrected chi connectivity index (χ0v) is 11.7. The molecule has 21 heavy (non-hydrogen) atoms. The van der Waals surface area contributed by atoms with E-state index in [1.807, 2.05) is 4.90 Å². The highest BCUT2D eigenvalue weighted by molar-refractivity contribution is 5.74. The highest BCUT2D eigenvalue weighted by Gasteiger charge is 2.30. The van der Waals surface area contributed by atoms with Crippen molar-refractivity contribution in [1.82, 2.24) is 20.2 Å². The molecule has 2 unspecified atom stereocenters. The van der Waals surface area contributed by atoms with Gasteiger partial charge in [0.1, 0.15) is 12.1 Å². The van der Waals surface area contributed by atoms with Crippen LogP contribution in [-0.2, 0) is 16.0 Å². The predicted octanol–water partition coefficient (Wildman–Crippen LogP) is -0.456. The fraction of sp³-hybridized carbons (Fsp3) is 0.615. The SMILES string of the molecule is O=C(O)C(Cc1cnc[nH]1)NCCN1CCCC1C(=O)O. The fourth-order valence-corrected chi connectivity index (χ4v) is 2.62. The van der Waals surface area contributed by atoms with Gasteiger partial charge in [-0.1, -0.05) is 0 Å². The van der Waals surface area contributed by atoms with Gasteiger partial charge >= 0.3 is 11.9 Å². The zero-order chi connectivity index (χ0) is 15.2. The summed E-state index contributed by atoms with van der Waals surface area (Å²) in [5, 5.41) is 21.2. The summed E-state index contributed by atoms with van der Waals surface area (Å²) in [6.07, 6.45) is 4.95. The summed E-state index contributed by atoms with van der Waals surface area (Å²) >= 11 is 0. The van der Waals surface area contributed by atoms with Crippen molar-refractivity contribution in [3.05, 3.63) is 18.2 Å². The Morgan fingerprint density at radius 1 is 1.52 bits per heavy atom. The minimum atomic E-state index is -0.930. The summed E-state index contributed by atoms with van der Waals surface area (Å²) in [5.41, 5.74) is 0.750. The average molecular weight is 296 g/mol. The molecule has 0 aliphatic carbocycles. The molecule has 1 fully saturated rings. The molecule has 1 aliphatic heterocycles. The molecule has 1 saturated heterocycles. The van der Waals surface area contributed by atoms with Crippen molar-refractivity contribution in [2.45, 2.75) is 31.3 Å². The van der Waals surface area contributed by atoms with Crippen molar-refractivity contribution in [2.75, 3.05) is 19.6 Å². The van der Waals surface area contributed by atoms with Crippen LogP contribution in [0.15, 0.2) is 12.5 Å². The van der Waals surface area contributed by atoms with Gasteiger partial charge in [-0.25, -0.2) is 4.98 Å². The number of nitrogens with one attached hydrogen (secondary N) is 2. The first-order chi connectivity index (χ1) is 10.1. The maximum absolute atomic E-state index is 11.2. The lowest BCUT2D eigenvalue weighted by molar-refractivity contribution is -0.142. The van der Waals surface area contributed by atoms with E-state index in [1.165, 1.54) is 6.33 Å². The lowest BCUT2D eigenvalue weighted by atomic mass is 10.1. The van der Waals surface area contributed by atoms with Crippen LogP contribution in [-0.4, -0.2) is 68.7 Å². The highest BCUT2D eigenvalue weighted by Crippen LogP contribution is 2.16. The number of aromatic amines is 1. The molecule has 1 aromatic heterocycles. The third-order valence-corrected chi connectivity index (χ3v) is 3.72. The van der Waals surface area contributed by atoms with Crippen molar-refractivity contribution in [1.29, 1.82) is 0 Å². The number of hydrogen-bond acceptors (Lipinski definition) is 5. The Labute approximate surface area is 122 Å². The van der Waals surface area contributed by atoms with E-state index in [1.54, 1.807) is 6.20 Å². The van der Waals surface area contributed by atoms with E-state index in [0.29, 0.717) is 25.9 Å². The van der Waals surface area contributed by atoms with Crippen LogP contribution in [0.25, 0.3) is 0 Å². The minimum absolute atomic E-state index is 0.317. The van der Waals surface area contributed by atoms with E-state index in [4.69, 9.17) is 5.11 Å². The standard InChI is InChI=1S/C13H20N4O4/c18-12(19)10(6-9-7-14-8-16-9)15-3-5-17-4-1-2-11(17)13(20)21/h7-8,10-11,15H,1-6H2,(H,14,16)(H,18,19)(H,20,21). The Balaban J connectivity index is 1.79.